The second kappa shape index (κ2) is 12.8. The molecule has 6 rings (SSSR count). The summed E-state index contributed by atoms with van der Waals surface area (Å²) < 4.78 is 49.8. The van der Waals surface area contributed by atoms with Crippen LogP contribution in [0.25, 0.3) is 11.1 Å². The van der Waals surface area contributed by atoms with Crippen molar-refractivity contribution in [3.63, 3.8) is 0 Å². The van der Waals surface area contributed by atoms with Gasteiger partial charge in [-0.05, 0) is 80.0 Å². The maximum atomic E-state index is 14.5. The third-order valence-corrected chi connectivity index (χ3v) is 8.63. The first-order chi connectivity index (χ1) is 22.2. The van der Waals surface area contributed by atoms with E-state index in [2.05, 4.69) is 20.7 Å². The van der Waals surface area contributed by atoms with Gasteiger partial charge in [-0.1, -0.05) is 12.1 Å². The zero-order valence-corrected chi connectivity index (χ0v) is 25.3. The van der Waals surface area contributed by atoms with E-state index in [1.165, 1.54) is 43.6 Å². The number of hydrogen-bond acceptors (Lipinski definition) is 6. The molecule has 2 aromatic carbocycles. The van der Waals surface area contributed by atoms with Crippen LogP contribution in [0.1, 0.15) is 87.4 Å². The Hall–Kier alpha value is -5.00. The van der Waals surface area contributed by atoms with Crippen LogP contribution in [0.4, 0.5) is 13.2 Å². The third kappa shape index (κ3) is 5.99. The zero-order chi connectivity index (χ0) is 32.5. The van der Waals surface area contributed by atoms with Gasteiger partial charge < -0.3 is 15.4 Å². The highest BCUT2D eigenvalue weighted by Gasteiger charge is 2.44. The lowest BCUT2D eigenvalue weighted by atomic mass is 9.94. The van der Waals surface area contributed by atoms with Crippen molar-refractivity contribution in [2.24, 2.45) is 0 Å². The number of carbonyl (C=O) groups excluding carboxylic acids is 3. The van der Waals surface area contributed by atoms with Gasteiger partial charge in [0.1, 0.15) is 24.0 Å². The van der Waals surface area contributed by atoms with Gasteiger partial charge in [-0.25, -0.2) is 18.0 Å². The van der Waals surface area contributed by atoms with Crippen LogP contribution in [-0.2, 0) is 22.5 Å². The van der Waals surface area contributed by atoms with E-state index in [4.69, 9.17) is 4.74 Å². The van der Waals surface area contributed by atoms with E-state index in [0.717, 1.165) is 36.6 Å². The predicted molar refractivity (Wildman–Crippen MR) is 161 cm³/mol. The van der Waals surface area contributed by atoms with Crippen LogP contribution < -0.4 is 10.6 Å². The predicted octanol–water partition coefficient (Wildman–Crippen LogP) is 5.36. The summed E-state index contributed by atoms with van der Waals surface area (Å²) in [5.74, 6) is -3.49. The zero-order valence-electron chi connectivity index (χ0n) is 25.3. The molecule has 9 nitrogen and oxygen atoms in total. The quantitative estimate of drug-likeness (QED) is 0.228. The topological polar surface area (TPSA) is 115 Å². The van der Waals surface area contributed by atoms with Crippen molar-refractivity contribution in [3.8, 4) is 11.1 Å². The minimum Gasteiger partial charge on any atom is -0.461 e. The van der Waals surface area contributed by atoms with Gasteiger partial charge in [-0.2, -0.15) is 5.10 Å². The van der Waals surface area contributed by atoms with E-state index in [1.807, 2.05) is 0 Å². The maximum Gasteiger partial charge on any atom is 0.359 e. The van der Waals surface area contributed by atoms with Crippen molar-refractivity contribution in [2.45, 2.75) is 57.0 Å². The molecule has 0 spiro atoms. The molecule has 238 valence electrons. The number of hydrogen-bond donors (Lipinski definition) is 2. The van der Waals surface area contributed by atoms with E-state index >= 15 is 0 Å². The van der Waals surface area contributed by atoms with E-state index in [1.54, 1.807) is 23.7 Å². The Morgan fingerprint density at radius 2 is 1.80 bits per heavy atom. The summed E-state index contributed by atoms with van der Waals surface area (Å²) >= 11 is 0. The van der Waals surface area contributed by atoms with Crippen LogP contribution >= 0.6 is 0 Å². The van der Waals surface area contributed by atoms with Crippen LogP contribution in [0, 0.1) is 17.5 Å². The number of aromatic nitrogens is 3. The van der Waals surface area contributed by atoms with E-state index in [0.29, 0.717) is 16.8 Å². The largest absolute Gasteiger partial charge is 0.461 e. The molecule has 0 saturated heterocycles. The second-order valence-corrected chi connectivity index (χ2v) is 11.5. The molecule has 3 atom stereocenters. The molecule has 4 aromatic rings. The van der Waals surface area contributed by atoms with Crippen molar-refractivity contribution in [2.75, 3.05) is 13.7 Å². The number of nitrogens with zero attached hydrogens (tertiary/aromatic N) is 3. The summed E-state index contributed by atoms with van der Waals surface area (Å²) in [5, 5.41) is 9.89. The van der Waals surface area contributed by atoms with Gasteiger partial charge in [0, 0.05) is 42.0 Å². The molecule has 2 heterocycles. The van der Waals surface area contributed by atoms with Gasteiger partial charge in [-0.15, -0.1) is 0 Å². The van der Waals surface area contributed by atoms with Crippen molar-refractivity contribution in [3.05, 3.63) is 106 Å². The first kappa shape index (κ1) is 31.0. The third-order valence-electron chi connectivity index (χ3n) is 8.63. The monoisotopic (exact) mass is 631 g/mol. The fraction of sp³-hybridized carbons (Fsp3) is 0.324. The average Bonchev–Trinajstić information content (AvgIpc) is 3.75. The molecule has 1 saturated carbocycles. The normalized spacial score (nSPS) is 17.0. The minimum atomic E-state index is -0.900. The molecular weight excluding hydrogens is 599 g/mol. The number of carbonyl (C=O) groups is 3. The highest BCUT2D eigenvalue weighted by Crippen LogP contribution is 2.54. The Morgan fingerprint density at radius 3 is 2.54 bits per heavy atom. The maximum absolute atomic E-state index is 14.5. The summed E-state index contributed by atoms with van der Waals surface area (Å²) in [5.41, 5.74) is 3.32. The first-order valence-electron chi connectivity index (χ1n) is 15.2. The molecule has 0 aliphatic heterocycles. The molecule has 0 radical (unpaired) electrons. The lowest BCUT2D eigenvalue weighted by Gasteiger charge is -2.22. The van der Waals surface area contributed by atoms with Gasteiger partial charge in [0.2, 0.25) is 5.91 Å². The molecule has 2 aliphatic carbocycles. The second-order valence-electron chi connectivity index (χ2n) is 11.5. The molecule has 2 aromatic heterocycles. The first-order valence-corrected chi connectivity index (χ1v) is 15.2. The number of rotatable bonds is 10. The molecule has 2 bridgehead atoms. The Bertz CT molecular complexity index is 1820. The van der Waals surface area contributed by atoms with Gasteiger partial charge in [0.05, 0.1) is 23.9 Å². The van der Waals surface area contributed by atoms with E-state index in [9.17, 15) is 27.6 Å². The van der Waals surface area contributed by atoms with Gasteiger partial charge in [-0.3, -0.25) is 19.3 Å². The smallest absolute Gasteiger partial charge is 0.359 e. The Labute approximate surface area is 263 Å². The Kier molecular flexibility index (Phi) is 8.61. The van der Waals surface area contributed by atoms with Crippen molar-refractivity contribution in [1.29, 1.82) is 0 Å². The molecule has 2 amide bonds. The number of amides is 2. The molecular formula is C34H32F3N5O4. The summed E-state index contributed by atoms with van der Waals surface area (Å²) in [4.78, 5) is 43.4. The molecule has 1 fully saturated rings. The summed E-state index contributed by atoms with van der Waals surface area (Å²) in [6, 6.07) is 9.61. The number of fused-ring (bicyclic) bond motifs is 5. The number of ether oxygens (including phenoxy) is 1. The lowest BCUT2D eigenvalue weighted by Crippen LogP contribution is -2.34. The van der Waals surface area contributed by atoms with Crippen LogP contribution in [-0.4, -0.2) is 46.2 Å². The van der Waals surface area contributed by atoms with E-state index in [-0.39, 0.29) is 48.2 Å². The standard InChI is InChI=1S/C34H32F3N5O4/c1-3-46-34(45)31-29-20-6-7-21(14-20)32(29)42(41-31)17-28(43)40-27(13-18-11-22(35)16-23(36)12-18)30-24(5-4-10-39-30)19-8-9-26(37)25(15-19)33(44)38-2/h4-5,8-12,15-16,20-21,27H,3,6-7,13-14,17H2,1-2H3,(H,38,44)(H,40,43)/t20?,21?,27-/m0/s1. The van der Waals surface area contributed by atoms with Gasteiger partial charge >= 0.3 is 5.97 Å². The Balaban J connectivity index is 1.36. The Morgan fingerprint density at radius 1 is 1.04 bits per heavy atom. The molecule has 46 heavy (non-hydrogen) atoms. The number of nitrogens with one attached hydrogen (secondary N) is 2. The number of esters is 1. The number of halogens is 3. The highest BCUT2D eigenvalue weighted by atomic mass is 19.1. The van der Waals surface area contributed by atoms with Crippen LogP contribution in [0.15, 0.2) is 54.7 Å². The van der Waals surface area contributed by atoms with Crippen molar-refractivity contribution >= 4 is 17.8 Å². The van der Waals surface area contributed by atoms with Crippen LogP contribution in [0.2, 0.25) is 0 Å². The summed E-state index contributed by atoms with van der Waals surface area (Å²) in [6.45, 7) is 1.71. The average molecular weight is 632 g/mol. The van der Waals surface area contributed by atoms with Crippen LogP contribution in [0.3, 0.4) is 0 Å². The summed E-state index contributed by atoms with van der Waals surface area (Å²) in [6.07, 6.45) is 4.25. The van der Waals surface area contributed by atoms with Crippen molar-refractivity contribution < 1.29 is 32.3 Å². The molecule has 2 unspecified atom stereocenters. The fourth-order valence-electron chi connectivity index (χ4n) is 6.78. The molecule has 12 heteroatoms. The van der Waals surface area contributed by atoms with Gasteiger partial charge in [0.25, 0.3) is 5.91 Å². The number of pyridine rings is 1. The molecule has 2 N–H and O–H groups in total. The van der Waals surface area contributed by atoms with E-state index < -0.39 is 41.3 Å². The SMILES string of the molecule is CCOC(=O)c1nn(CC(=O)N[C@@H](Cc2cc(F)cc(F)c2)c2ncccc2-c2ccc(F)c(C(=O)NC)c2)c2c1C1CCC2C1. The fourth-order valence-corrected chi connectivity index (χ4v) is 6.78. The minimum absolute atomic E-state index is 0.0378. The number of benzene rings is 2. The van der Waals surface area contributed by atoms with Gasteiger partial charge in [0.15, 0.2) is 5.69 Å². The van der Waals surface area contributed by atoms with Crippen molar-refractivity contribution in [1.82, 2.24) is 25.4 Å². The van der Waals surface area contributed by atoms with Crippen LogP contribution in [0.5, 0.6) is 0 Å². The summed E-state index contributed by atoms with van der Waals surface area (Å²) in [7, 11) is 1.39. The molecule has 2 aliphatic rings. The lowest BCUT2D eigenvalue weighted by molar-refractivity contribution is -0.122. The highest BCUT2D eigenvalue weighted by molar-refractivity contribution is 5.95.